The van der Waals surface area contributed by atoms with Crippen molar-refractivity contribution in [3.8, 4) is 11.5 Å². The summed E-state index contributed by atoms with van der Waals surface area (Å²) < 4.78 is 13.3. The number of rotatable bonds is 8. The molecule has 188 valence electrons. The molecule has 2 heterocycles. The van der Waals surface area contributed by atoms with Gasteiger partial charge in [0.05, 0.1) is 19.3 Å². The Kier molecular flexibility index (Phi) is 6.85. The summed E-state index contributed by atoms with van der Waals surface area (Å²) in [7, 11) is 1.60. The number of nitrogens with zero attached hydrogens (tertiary/aromatic N) is 4. The normalized spacial score (nSPS) is 14.5. The highest BCUT2D eigenvalue weighted by Crippen LogP contribution is 2.38. The number of hydrogen-bond donors (Lipinski definition) is 2. The first kappa shape index (κ1) is 24.1. The van der Waals surface area contributed by atoms with Gasteiger partial charge in [-0.25, -0.2) is 0 Å². The van der Waals surface area contributed by atoms with Gasteiger partial charge in [0.2, 0.25) is 5.95 Å². The topological polar surface area (TPSA) is 103 Å². The molecule has 0 spiro atoms. The van der Waals surface area contributed by atoms with Crippen LogP contribution in [0.15, 0.2) is 84.1 Å². The van der Waals surface area contributed by atoms with Crippen molar-refractivity contribution in [3.63, 3.8) is 0 Å². The summed E-state index contributed by atoms with van der Waals surface area (Å²) >= 11 is 0. The molecular formula is C28H28N6O3. The first-order valence-corrected chi connectivity index (χ1v) is 12.0. The number of hydrogen-bond acceptors (Lipinski definition) is 7. The molecule has 9 heteroatoms. The van der Waals surface area contributed by atoms with E-state index in [1.54, 1.807) is 11.8 Å². The number of carbonyl (C=O) groups excluding carboxylic acids is 1. The maximum atomic E-state index is 13.6. The number of anilines is 2. The van der Waals surface area contributed by atoms with Crippen molar-refractivity contribution >= 4 is 17.5 Å². The van der Waals surface area contributed by atoms with Gasteiger partial charge in [-0.2, -0.15) is 4.68 Å². The molecular weight excluding hydrogens is 468 g/mol. The van der Waals surface area contributed by atoms with Crippen LogP contribution in [0.25, 0.3) is 0 Å². The van der Waals surface area contributed by atoms with Crippen LogP contribution in [-0.2, 0) is 11.2 Å². The lowest BCUT2D eigenvalue weighted by Gasteiger charge is -2.28. The number of ether oxygens (including phenoxy) is 2. The second-order valence-corrected chi connectivity index (χ2v) is 8.83. The molecule has 0 saturated carbocycles. The zero-order chi connectivity index (χ0) is 25.8. The molecule has 0 bridgehead atoms. The maximum Gasteiger partial charge on any atom is 0.255 e. The van der Waals surface area contributed by atoms with E-state index in [0.29, 0.717) is 41.0 Å². The maximum absolute atomic E-state index is 13.6. The smallest absolute Gasteiger partial charge is 0.255 e. The molecule has 0 aliphatic carbocycles. The van der Waals surface area contributed by atoms with Crippen LogP contribution in [0.3, 0.4) is 0 Å². The third-order valence-electron chi connectivity index (χ3n) is 6.23. The number of amides is 1. The first-order chi connectivity index (χ1) is 18.0. The van der Waals surface area contributed by atoms with Gasteiger partial charge in [-0.05, 0) is 65.2 Å². The standard InChI is InChI=1S/C28H28N6O3/c1-18-8-7-11-22(16-18)30-27(35)25-19(2)29-28-31-32-33-34(28)26(25)21-12-13-23(24(17-21)36-3)37-15-14-20-9-5-4-6-10-20/h4-13,16-17,26H,14-15H2,1-3H3,(H,30,35)(H,29,31,33). The fourth-order valence-electron chi connectivity index (χ4n) is 4.43. The van der Waals surface area contributed by atoms with Crippen LogP contribution in [0.4, 0.5) is 11.6 Å². The van der Waals surface area contributed by atoms with Crippen molar-refractivity contribution in [3.05, 3.63) is 101 Å². The number of allylic oxidation sites excluding steroid dienone is 1. The van der Waals surface area contributed by atoms with E-state index in [-0.39, 0.29) is 5.91 Å². The Balaban J connectivity index is 1.43. The molecule has 1 aliphatic rings. The number of tetrazole rings is 1. The summed E-state index contributed by atoms with van der Waals surface area (Å²) in [5.41, 5.74) is 4.92. The van der Waals surface area contributed by atoms with E-state index in [4.69, 9.17) is 9.47 Å². The lowest BCUT2D eigenvalue weighted by atomic mass is 9.94. The first-order valence-electron chi connectivity index (χ1n) is 12.0. The highest BCUT2D eigenvalue weighted by atomic mass is 16.5. The van der Waals surface area contributed by atoms with Crippen LogP contribution < -0.4 is 20.1 Å². The molecule has 0 radical (unpaired) electrons. The molecule has 1 amide bonds. The molecule has 0 saturated heterocycles. The number of benzene rings is 3. The SMILES string of the molecule is COc1cc(C2C(C(=O)Nc3cccc(C)c3)=C(C)Nc3nnnn32)ccc1OCCc1ccccc1. The number of aromatic nitrogens is 4. The monoisotopic (exact) mass is 496 g/mol. The molecule has 9 nitrogen and oxygen atoms in total. The summed E-state index contributed by atoms with van der Waals surface area (Å²) in [5.74, 6) is 1.40. The Hall–Kier alpha value is -4.66. The highest BCUT2D eigenvalue weighted by Gasteiger charge is 2.34. The van der Waals surface area contributed by atoms with Crippen molar-refractivity contribution in [1.82, 2.24) is 20.2 Å². The van der Waals surface area contributed by atoms with Gasteiger partial charge >= 0.3 is 0 Å². The van der Waals surface area contributed by atoms with E-state index in [1.807, 2.05) is 74.5 Å². The van der Waals surface area contributed by atoms with Gasteiger partial charge in [-0.1, -0.05) is 53.6 Å². The van der Waals surface area contributed by atoms with Gasteiger partial charge in [0.1, 0.15) is 6.04 Å². The largest absolute Gasteiger partial charge is 0.493 e. The van der Waals surface area contributed by atoms with E-state index in [0.717, 1.165) is 17.5 Å². The van der Waals surface area contributed by atoms with E-state index in [9.17, 15) is 4.79 Å². The van der Waals surface area contributed by atoms with Gasteiger partial charge < -0.3 is 20.1 Å². The van der Waals surface area contributed by atoms with Crippen LogP contribution >= 0.6 is 0 Å². The Labute approximate surface area is 215 Å². The second kappa shape index (κ2) is 10.5. The van der Waals surface area contributed by atoms with Crippen LogP contribution in [0.5, 0.6) is 11.5 Å². The Morgan fingerprint density at radius 3 is 2.65 bits per heavy atom. The quantitative estimate of drug-likeness (QED) is 0.369. The average Bonchev–Trinajstić information content (AvgIpc) is 3.36. The number of carbonyl (C=O) groups is 1. The summed E-state index contributed by atoms with van der Waals surface area (Å²) in [6, 6.07) is 22.9. The summed E-state index contributed by atoms with van der Waals surface area (Å²) in [5, 5.41) is 18.2. The van der Waals surface area contributed by atoms with Crippen molar-refractivity contribution in [2.24, 2.45) is 0 Å². The molecule has 1 aromatic heterocycles. The number of fused-ring (bicyclic) bond motifs is 1. The molecule has 4 aromatic rings. The summed E-state index contributed by atoms with van der Waals surface area (Å²) in [6.07, 6.45) is 0.777. The fourth-order valence-corrected chi connectivity index (χ4v) is 4.43. The summed E-state index contributed by atoms with van der Waals surface area (Å²) in [4.78, 5) is 13.6. The van der Waals surface area contributed by atoms with Crippen molar-refractivity contribution in [2.45, 2.75) is 26.3 Å². The molecule has 1 unspecified atom stereocenters. The van der Waals surface area contributed by atoms with E-state index in [1.165, 1.54) is 5.56 Å². The average molecular weight is 497 g/mol. The highest BCUT2D eigenvalue weighted by molar-refractivity contribution is 6.06. The van der Waals surface area contributed by atoms with Gasteiger partial charge in [-0.3, -0.25) is 4.79 Å². The molecule has 37 heavy (non-hydrogen) atoms. The van der Waals surface area contributed by atoms with E-state index < -0.39 is 6.04 Å². The lowest BCUT2D eigenvalue weighted by Crippen LogP contribution is -2.31. The predicted octanol–water partition coefficient (Wildman–Crippen LogP) is 4.54. The van der Waals surface area contributed by atoms with Crippen LogP contribution in [0, 0.1) is 6.92 Å². The Morgan fingerprint density at radius 1 is 1.03 bits per heavy atom. The van der Waals surface area contributed by atoms with Crippen LogP contribution in [0.1, 0.15) is 29.7 Å². The van der Waals surface area contributed by atoms with Gasteiger partial charge in [0.25, 0.3) is 5.91 Å². The minimum absolute atomic E-state index is 0.246. The molecule has 1 atom stereocenters. The zero-order valence-corrected chi connectivity index (χ0v) is 20.9. The van der Waals surface area contributed by atoms with Gasteiger partial charge in [0, 0.05) is 17.8 Å². The van der Waals surface area contributed by atoms with Crippen LogP contribution in [-0.4, -0.2) is 39.8 Å². The number of aryl methyl sites for hydroxylation is 1. The molecule has 5 rings (SSSR count). The second-order valence-electron chi connectivity index (χ2n) is 8.83. The fraction of sp³-hybridized carbons (Fsp3) is 0.214. The van der Waals surface area contributed by atoms with Crippen LogP contribution in [0.2, 0.25) is 0 Å². The van der Waals surface area contributed by atoms with Crippen molar-refractivity contribution in [2.75, 3.05) is 24.4 Å². The van der Waals surface area contributed by atoms with E-state index >= 15 is 0 Å². The van der Waals surface area contributed by atoms with Gasteiger partial charge in [0.15, 0.2) is 11.5 Å². The van der Waals surface area contributed by atoms with Gasteiger partial charge in [-0.15, -0.1) is 0 Å². The molecule has 3 aromatic carbocycles. The molecule has 2 N–H and O–H groups in total. The molecule has 1 aliphatic heterocycles. The van der Waals surface area contributed by atoms with Crippen molar-refractivity contribution in [1.29, 1.82) is 0 Å². The number of nitrogens with one attached hydrogen (secondary N) is 2. The van der Waals surface area contributed by atoms with E-state index in [2.05, 4.69) is 38.3 Å². The Morgan fingerprint density at radius 2 is 1.86 bits per heavy atom. The minimum atomic E-state index is -0.566. The predicted molar refractivity (Wildman–Crippen MR) is 141 cm³/mol. The number of methoxy groups -OCH3 is 1. The summed E-state index contributed by atoms with van der Waals surface area (Å²) in [6.45, 7) is 4.33. The van der Waals surface area contributed by atoms with Crippen molar-refractivity contribution < 1.29 is 14.3 Å². The minimum Gasteiger partial charge on any atom is -0.493 e. The molecule has 0 fully saturated rings. The third kappa shape index (κ3) is 5.16. The lowest BCUT2D eigenvalue weighted by molar-refractivity contribution is -0.113. The Bertz CT molecular complexity index is 1450. The third-order valence-corrected chi connectivity index (χ3v) is 6.23. The zero-order valence-electron chi connectivity index (χ0n) is 20.9.